The molecule has 0 aliphatic heterocycles. The first-order chi connectivity index (χ1) is 13.7. The summed E-state index contributed by atoms with van der Waals surface area (Å²) in [5.74, 6) is 0.523. The van der Waals surface area contributed by atoms with Gasteiger partial charge in [-0.05, 0) is 29.6 Å². The summed E-state index contributed by atoms with van der Waals surface area (Å²) in [6.45, 7) is 0. The lowest BCUT2D eigenvalue weighted by atomic mass is 10.0. The number of nitrogens with one attached hydrogen (secondary N) is 1. The molecule has 0 saturated heterocycles. The molecule has 0 bridgehead atoms. The van der Waals surface area contributed by atoms with Crippen LogP contribution in [0.5, 0.6) is 5.75 Å². The van der Waals surface area contributed by atoms with Crippen LogP contribution in [0.2, 0.25) is 0 Å². The van der Waals surface area contributed by atoms with Gasteiger partial charge in [0.25, 0.3) is 0 Å². The first-order valence-corrected chi connectivity index (χ1v) is 9.85. The molecule has 142 valence electrons. The summed E-state index contributed by atoms with van der Waals surface area (Å²) in [7, 11) is 0. The van der Waals surface area contributed by atoms with Crippen molar-refractivity contribution in [2.24, 2.45) is 0 Å². The number of ether oxygens (including phenoxy) is 1. The third-order valence-corrected chi connectivity index (χ3v) is 5.12. The fourth-order valence-electron chi connectivity index (χ4n) is 2.46. The highest BCUT2D eigenvalue weighted by Crippen LogP contribution is 2.24. The van der Waals surface area contributed by atoms with Gasteiger partial charge in [-0.15, -0.1) is 0 Å². The van der Waals surface area contributed by atoms with Crippen LogP contribution < -0.4 is 9.57 Å². The van der Waals surface area contributed by atoms with E-state index in [2.05, 4.69) is 17.6 Å². The fourth-order valence-corrected chi connectivity index (χ4v) is 3.39. The quantitative estimate of drug-likeness (QED) is 0.251. The van der Waals surface area contributed by atoms with E-state index >= 15 is 0 Å². The zero-order chi connectivity index (χ0) is 19.8. The number of hydrogen-bond acceptors (Lipinski definition) is 6. The number of ketones is 1. The summed E-state index contributed by atoms with van der Waals surface area (Å²) in [5.41, 5.74) is 1.89. The number of hydrogen-bond donors (Lipinski definition) is 2. The van der Waals surface area contributed by atoms with E-state index in [-0.39, 0.29) is 11.5 Å². The minimum atomic E-state index is -0.677. The summed E-state index contributed by atoms with van der Waals surface area (Å²) in [5, 5.41) is 0. The number of thiol groups is 1. The zero-order valence-electron chi connectivity index (χ0n) is 14.8. The third-order valence-electron chi connectivity index (χ3n) is 3.82. The van der Waals surface area contributed by atoms with E-state index in [1.165, 1.54) is 16.4 Å². The lowest BCUT2D eigenvalue weighted by molar-refractivity contribution is 0.103. The SMILES string of the molecule is O=C(c1ccccc1)c1ccccc1OC(=O)N(NS)SCc1ccccc1. The summed E-state index contributed by atoms with van der Waals surface area (Å²) >= 11 is 5.18. The third kappa shape index (κ3) is 5.16. The van der Waals surface area contributed by atoms with Gasteiger partial charge in [-0.25, -0.2) is 4.79 Å². The Morgan fingerprint density at radius 1 is 0.893 bits per heavy atom. The Morgan fingerprint density at radius 2 is 1.50 bits per heavy atom. The van der Waals surface area contributed by atoms with Crippen LogP contribution in [0.1, 0.15) is 21.5 Å². The van der Waals surface area contributed by atoms with Crippen LogP contribution in [0, 0.1) is 0 Å². The smallest absolute Gasteiger partial charge is 0.408 e. The van der Waals surface area contributed by atoms with Gasteiger partial charge in [-0.2, -0.15) is 9.25 Å². The van der Waals surface area contributed by atoms with E-state index in [4.69, 9.17) is 4.74 Å². The van der Waals surface area contributed by atoms with Crippen molar-refractivity contribution in [3.63, 3.8) is 0 Å². The number of para-hydroxylation sites is 1. The lowest BCUT2D eigenvalue weighted by Gasteiger charge is -2.19. The van der Waals surface area contributed by atoms with Crippen molar-refractivity contribution in [1.29, 1.82) is 0 Å². The molecule has 7 heteroatoms. The molecule has 0 fully saturated rings. The molecule has 1 amide bonds. The Hall–Kier alpha value is -2.74. The molecule has 0 saturated carbocycles. The van der Waals surface area contributed by atoms with Crippen molar-refractivity contribution < 1.29 is 14.3 Å². The Morgan fingerprint density at radius 3 is 2.18 bits per heavy atom. The van der Waals surface area contributed by atoms with Gasteiger partial charge in [0.1, 0.15) is 5.75 Å². The molecule has 0 radical (unpaired) electrons. The van der Waals surface area contributed by atoms with Crippen molar-refractivity contribution >= 4 is 36.6 Å². The Kier molecular flexibility index (Phi) is 7.13. The molecule has 0 aliphatic carbocycles. The van der Waals surface area contributed by atoms with E-state index < -0.39 is 6.09 Å². The van der Waals surface area contributed by atoms with Crippen LogP contribution >= 0.6 is 24.8 Å². The minimum Gasteiger partial charge on any atom is -0.408 e. The largest absolute Gasteiger partial charge is 0.441 e. The van der Waals surface area contributed by atoms with E-state index in [1.54, 1.807) is 48.5 Å². The van der Waals surface area contributed by atoms with Gasteiger partial charge in [0.15, 0.2) is 5.78 Å². The van der Waals surface area contributed by atoms with Gasteiger partial charge in [0, 0.05) is 11.3 Å². The van der Waals surface area contributed by atoms with Crippen LogP contribution in [-0.2, 0) is 5.75 Å². The number of nitrogens with zero attached hydrogens (tertiary/aromatic N) is 1. The second kappa shape index (κ2) is 9.98. The van der Waals surface area contributed by atoms with Crippen molar-refractivity contribution in [3.05, 3.63) is 102 Å². The lowest BCUT2D eigenvalue weighted by Crippen LogP contribution is -2.34. The molecule has 3 aromatic carbocycles. The molecule has 0 aliphatic rings. The van der Waals surface area contributed by atoms with E-state index in [0.717, 1.165) is 5.56 Å². The van der Waals surface area contributed by atoms with Gasteiger partial charge < -0.3 is 4.74 Å². The molecule has 0 heterocycles. The predicted octanol–water partition coefficient (Wildman–Crippen LogP) is 4.92. The zero-order valence-corrected chi connectivity index (χ0v) is 16.5. The summed E-state index contributed by atoms with van der Waals surface area (Å²) < 4.78 is 6.63. The maximum atomic E-state index is 12.8. The van der Waals surface area contributed by atoms with Gasteiger partial charge in [-0.3, -0.25) is 4.79 Å². The molecule has 0 aromatic heterocycles. The van der Waals surface area contributed by atoms with Crippen molar-refractivity contribution in [2.75, 3.05) is 0 Å². The second-order valence-corrected chi connectivity index (χ2v) is 6.82. The standard InChI is InChI=1S/C21H18N2O3S2/c24-20(17-11-5-2-6-12-17)18-13-7-8-14-19(18)26-21(25)23(22-27)28-15-16-9-3-1-4-10-16/h1-14,22,27H,15H2. The topological polar surface area (TPSA) is 58.6 Å². The summed E-state index contributed by atoms with van der Waals surface area (Å²) in [6, 6.07) is 25.2. The Balaban J connectivity index is 1.72. The fraction of sp³-hybridized carbons (Fsp3) is 0.0476. The van der Waals surface area contributed by atoms with Crippen LogP contribution in [0.4, 0.5) is 4.79 Å². The molecule has 3 rings (SSSR count). The van der Waals surface area contributed by atoms with Gasteiger partial charge in [0.05, 0.1) is 5.56 Å². The van der Waals surface area contributed by atoms with Crippen LogP contribution in [0.15, 0.2) is 84.9 Å². The molecular formula is C21H18N2O3S2. The van der Waals surface area contributed by atoms with Crippen molar-refractivity contribution in [2.45, 2.75) is 5.75 Å². The van der Waals surface area contributed by atoms with Gasteiger partial charge in [-0.1, -0.05) is 85.6 Å². The maximum absolute atomic E-state index is 12.8. The molecule has 28 heavy (non-hydrogen) atoms. The molecule has 3 aromatic rings. The molecule has 0 atom stereocenters. The number of benzene rings is 3. The maximum Gasteiger partial charge on any atom is 0.441 e. The Bertz CT molecular complexity index is 937. The van der Waals surface area contributed by atoms with E-state index in [9.17, 15) is 9.59 Å². The van der Waals surface area contributed by atoms with E-state index in [1.807, 2.05) is 36.4 Å². The molecule has 5 nitrogen and oxygen atoms in total. The molecular weight excluding hydrogens is 392 g/mol. The minimum absolute atomic E-state index is 0.190. The highest BCUT2D eigenvalue weighted by atomic mass is 32.2. The predicted molar refractivity (Wildman–Crippen MR) is 114 cm³/mol. The number of rotatable bonds is 7. The second-order valence-electron chi connectivity index (χ2n) is 5.71. The van der Waals surface area contributed by atoms with Crippen LogP contribution in [0.3, 0.4) is 0 Å². The number of carbonyl (C=O) groups is 2. The number of carbonyl (C=O) groups excluding carboxylic acids is 2. The highest BCUT2D eigenvalue weighted by molar-refractivity contribution is 7.97. The average Bonchev–Trinajstić information content (AvgIpc) is 2.75. The highest BCUT2D eigenvalue weighted by Gasteiger charge is 2.20. The number of hydrazine groups is 1. The molecule has 1 N–H and O–H groups in total. The first kappa shape index (κ1) is 20.0. The van der Waals surface area contributed by atoms with E-state index in [0.29, 0.717) is 16.9 Å². The van der Waals surface area contributed by atoms with Gasteiger partial charge in [0.2, 0.25) is 0 Å². The van der Waals surface area contributed by atoms with Crippen molar-refractivity contribution in [1.82, 2.24) is 9.25 Å². The summed E-state index contributed by atoms with van der Waals surface area (Å²) in [4.78, 5) is 27.8. The first-order valence-electron chi connectivity index (χ1n) is 8.46. The van der Waals surface area contributed by atoms with Crippen molar-refractivity contribution in [3.8, 4) is 5.75 Å². The van der Waals surface area contributed by atoms with Crippen LogP contribution in [-0.4, -0.2) is 16.3 Å². The Labute approximate surface area is 173 Å². The summed E-state index contributed by atoms with van der Waals surface area (Å²) in [6.07, 6.45) is -0.677. The molecule has 0 unspecified atom stereocenters. The monoisotopic (exact) mass is 410 g/mol. The van der Waals surface area contributed by atoms with Crippen LogP contribution in [0.25, 0.3) is 0 Å². The molecule has 0 spiro atoms. The van der Waals surface area contributed by atoms with Gasteiger partial charge >= 0.3 is 6.09 Å². The average molecular weight is 411 g/mol. The normalized spacial score (nSPS) is 10.3. The number of amides is 1.